The summed E-state index contributed by atoms with van der Waals surface area (Å²) >= 11 is 0. The van der Waals surface area contributed by atoms with Crippen molar-refractivity contribution in [2.45, 2.75) is 43.8 Å². The molecule has 0 saturated heterocycles. The number of amides is 2. The predicted molar refractivity (Wildman–Crippen MR) is 66.3 cm³/mol. The van der Waals surface area contributed by atoms with Gasteiger partial charge in [-0.25, -0.2) is 4.79 Å². The third kappa shape index (κ3) is 6.42. The zero-order valence-electron chi connectivity index (χ0n) is 11.3. The smallest absolute Gasteiger partial charge is 0.394 e. The van der Waals surface area contributed by atoms with Crippen LogP contribution in [0.3, 0.4) is 0 Å². The molecule has 0 atom stereocenters. The first-order valence-electron chi connectivity index (χ1n) is 6.68. The van der Waals surface area contributed by atoms with E-state index >= 15 is 0 Å². The first-order chi connectivity index (χ1) is 9.37. The molecule has 1 fully saturated rings. The third-order valence-corrected chi connectivity index (χ3v) is 3.26. The lowest BCUT2D eigenvalue weighted by molar-refractivity contribution is -0.173. The number of carbonyl (C=O) groups excluding carboxylic acids is 1. The molecule has 20 heavy (non-hydrogen) atoms. The molecule has 0 heterocycles. The summed E-state index contributed by atoms with van der Waals surface area (Å²) in [5, 5.41) is 14.6. The zero-order chi connectivity index (χ0) is 15.1. The predicted octanol–water partition coefficient (Wildman–Crippen LogP) is 1.56. The molecule has 1 saturated carbocycles. The Bertz CT molecular complexity index is 305. The van der Waals surface area contributed by atoms with Gasteiger partial charge in [0.15, 0.2) is 0 Å². The average molecular weight is 298 g/mol. The van der Waals surface area contributed by atoms with E-state index in [4.69, 9.17) is 0 Å². The van der Waals surface area contributed by atoms with Gasteiger partial charge in [0, 0.05) is 13.2 Å². The Labute approximate surface area is 115 Å². The lowest BCUT2D eigenvalue weighted by atomic mass is 9.99. The van der Waals surface area contributed by atoms with Gasteiger partial charge in [0.25, 0.3) is 0 Å². The molecular weight excluding hydrogens is 277 g/mol. The quantitative estimate of drug-likeness (QED) is 0.625. The molecule has 1 aliphatic carbocycles. The fourth-order valence-electron chi connectivity index (χ4n) is 2.22. The van der Waals surface area contributed by atoms with Gasteiger partial charge in [-0.2, -0.15) is 13.2 Å². The van der Waals surface area contributed by atoms with Gasteiger partial charge in [0.05, 0.1) is 12.1 Å². The highest BCUT2D eigenvalue weighted by Gasteiger charge is 2.34. The Morgan fingerprint density at radius 1 is 1.30 bits per heavy atom. The van der Waals surface area contributed by atoms with Crippen molar-refractivity contribution in [1.29, 1.82) is 0 Å². The van der Waals surface area contributed by atoms with E-state index in [2.05, 4.69) is 15.4 Å². The molecule has 0 unspecified atom stereocenters. The lowest BCUT2D eigenvalue weighted by Gasteiger charge is -2.27. The van der Waals surface area contributed by atoms with Crippen molar-refractivity contribution >= 4 is 6.03 Å². The standard InChI is InChI=1S/C12H21F3N2O3/c13-12(14,15)9-20-7-3-6-16-10(19)17-11(8-18)4-1-2-5-11/h18H,1-9H2,(H2,16,17,19). The van der Waals surface area contributed by atoms with Crippen molar-refractivity contribution in [3.63, 3.8) is 0 Å². The highest BCUT2D eigenvalue weighted by molar-refractivity contribution is 5.74. The van der Waals surface area contributed by atoms with Crippen LogP contribution < -0.4 is 10.6 Å². The number of hydrogen-bond donors (Lipinski definition) is 3. The van der Waals surface area contributed by atoms with E-state index in [0.29, 0.717) is 6.42 Å². The van der Waals surface area contributed by atoms with Gasteiger partial charge < -0.3 is 20.5 Å². The van der Waals surface area contributed by atoms with Crippen LogP contribution in [0.15, 0.2) is 0 Å². The molecule has 0 bridgehead atoms. The van der Waals surface area contributed by atoms with Crippen molar-refractivity contribution in [3.8, 4) is 0 Å². The normalized spacial score (nSPS) is 18.0. The minimum absolute atomic E-state index is 0.0646. The fourth-order valence-corrected chi connectivity index (χ4v) is 2.22. The molecular formula is C12H21F3N2O3. The first-order valence-corrected chi connectivity index (χ1v) is 6.68. The number of nitrogens with one attached hydrogen (secondary N) is 2. The van der Waals surface area contributed by atoms with Crippen molar-refractivity contribution in [2.24, 2.45) is 0 Å². The van der Waals surface area contributed by atoms with Gasteiger partial charge in [0.2, 0.25) is 0 Å². The van der Waals surface area contributed by atoms with Crippen molar-refractivity contribution in [3.05, 3.63) is 0 Å². The van der Waals surface area contributed by atoms with Gasteiger partial charge in [0.1, 0.15) is 6.61 Å². The molecule has 3 N–H and O–H groups in total. The second-order valence-electron chi connectivity index (χ2n) is 5.05. The summed E-state index contributed by atoms with van der Waals surface area (Å²) in [6.45, 7) is -1.21. The van der Waals surface area contributed by atoms with Crippen LogP contribution in [0.25, 0.3) is 0 Å². The summed E-state index contributed by atoms with van der Waals surface area (Å²) in [5.41, 5.74) is -0.545. The van der Waals surface area contributed by atoms with E-state index in [1.165, 1.54) is 0 Å². The van der Waals surface area contributed by atoms with E-state index in [-0.39, 0.29) is 19.8 Å². The van der Waals surface area contributed by atoms with Crippen molar-refractivity contribution < 1.29 is 27.8 Å². The summed E-state index contributed by atoms with van der Waals surface area (Å²) in [6, 6.07) is -0.406. The van der Waals surface area contributed by atoms with Gasteiger partial charge in [-0.1, -0.05) is 12.8 Å². The van der Waals surface area contributed by atoms with E-state index in [1.54, 1.807) is 0 Å². The molecule has 1 rings (SSSR count). The summed E-state index contributed by atoms with van der Waals surface area (Å²) in [7, 11) is 0. The fraction of sp³-hybridized carbons (Fsp3) is 0.917. The van der Waals surface area contributed by atoms with E-state index in [9.17, 15) is 23.1 Å². The maximum Gasteiger partial charge on any atom is 0.411 e. The SMILES string of the molecule is O=C(NCCCOCC(F)(F)F)NC1(CO)CCCC1. The highest BCUT2D eigenvalue weighted by atomic mass is 19.4. The lowest BCUT2D eigenvalue weighted by Crippen LogP contribution is -2.53. The molecule has 2 amide bonds. The maximum atomic E-state index is 11.8. The van der Waals surface area contributed by atoms with Crippen LogP contribution in [-0.2, 0) is 4.74 Å². The molecule has 1 aliphatic rings. The molecule has 0 aliphatic heterocycles. The van der Waals surface area contributed by atoms with Crippen LogP contribution in [0.2, 0.25) is 0 Å². The first kappa shape index (κ1) is 17.0. The van der Waals surface area contributed by atoms with Crippen molar-refractivity contribution in [2.75, 3.05) is 26.4 Å². The van der Waals surface area contributed by atoms with Gasteiger partial charge in [-0.15, -0.1) is 0 Å². The topological polar surface area (TPSA) is 70.6 Å². The number of hydrogen-bond acceptors (Lipinski definition) is 3. The third-order valence-electron chi connectivity index (χ3n) is 3.26. The maximum absolute atomic E-state index is 11.8. The van der Waals surface area contributed by atoms with Crippen LogP contribution >= 0.6 is 0 Å². The Morgan fingerprint density at radius 2 is 1.95 bits per heavy atom. The Morgan fingerprint density at radius 3 is 2.50 bits per heavy atom. The van der Waals surface area contributed by atoms with Gasteiger partial charge in [-0.05, 0) is 19.3 Å². The van der Waals surface area contributed by atoms with E-state index in [0.717, 1.165) is 25.7 Å². The van der Waals surface area contributed by atoms with Crippen LogP contribution in [-0.4, -0.2) is 49.2 Å². The molecule has 0 aromatic heterocycles. The molecule has 0 aromatic carbocycles. The van der Waals surface area contributed by atoms with Crippen LogP contribution in [0.4, 0.5) is 18.0 Å². The van der Waals surface area contributed by atoms with E-state index in [1.807, 2.05) is 0 Å². The van der Waals surface area contributed by atoms with Gasteiger partial charge >= 0.3 is 12.2 Å². The number of alkyl halides is 3. The number of halogens is 3. The van der Waals surface area contributed by atoms with Crippen LogP contribution in [0, 0.1) is 0 Å². The second kappa shape index (κ2) is 7.68. The number of rotatable bonds is 7. The zero-order valence-corrected chi connectivity index (χ0v) is 11.3. The molecule has 5 nitrogen and oxygen atoms in total. The van der Waals surface area contributed by atoms with Gasteiger partial charge in [-0.3, -0.25) is 0 Å². The van der Waals surface area contributed by atoms with Crippen LogP contribution in [0.5, 0.6) is 0 Å². The molecule has 8 heteroatoms. The molecule has 0 spiro atoms. The number of ether oxygens (including phenoxy) is 1. The number of aliphatic hydroxyl groups excluding tert-OH is 1. The minimum Gasteiger partial charge on any atom is -0.394 e. The average Bonchev–Trinajstić information content (AvgIpc) is 2.81. The largest absolute Gasteiger partial charge is 0.411 e. The van der Waals surface area contributed by atoms with E-state index < -0.39 is 24.4 Å². The molecule has 118 valence electrons. The second-order valence-corrected chi connectivity index (χ2v) is 5.05. The Hall–Kier alpha value is -1.02. The van der Waals surface area contributed by atoms with Crippen LogP contribution in [0.1, 0.15) is 32.1 Å². The Kier molecular flexibility index (Phi) is 6.54. The molecule has 0 aromatic rings. The minimum atomic E-state index is -4.32. The Balaban J connectivity index is 2.08. The monoisotopic (exact) mass is 298 g/mol. The number of urea groups is 1. The molecule has 0 radical (unpaired) electrons. The number of aliphatic hydroxyl groups is 1. The summed E-state index contributed by atoms with van der Waals surface area (Å²) < 4.78 is 39.7. The summed E-state index contributed by atoms with van der Waals surface area (Å²) in [5.74, 6) is 0. The summed E-state index contributed by atoms with van der Waals surface area (Å²) in [4.78, 5) is 11.6. The van der Waals surface area contributed by atoms with Crippen molar-refractivity contribution in [1.82, 2.24) is 10.6 Å². The number of carbonyl (C=O) groups is 1. The highest BCUT2D eigenvalue weighted by Crippen LogP contribution is 2.28. The summed E-state index contributed by atoms with van der Waals surface area (Å²) in [6.07, 6.45) is -0.605.